The molecule has 0 radical (unpaired) electrons. The number of hydrogen-bond acceptors (Lipinski definition) is 1. The van der Waals surface area contributed by atoms with Gasteiger partial charge in [-0.3, -0.25) is 0 Å². The molecule has 1 aliphatic carbocycles. The molecule has 1 aromatic rings. The van der Waals surface area contributed by atoms with Gasteiger partial charge in [0.2, 0.25) is 0 Å². The first-order valence-electron chi connectivity index (χ1n) is 5.71. The minimum absolute atomic E-state index is 0.151. The highest BCUT2D eigenvalue weighted by Crippen LogP contribution is 2.54. The molecule has 0 bridgehead atoms. The fraction of sp³-hybridized carbons (Fsp3) is 0.571. The highest BCUT2D eigenvalue weighted by atomic mass is 16.3. The Balaban J connectivity index is 2.11. The molecule has 0 saturated heterocycles. The van der Waals surface area contributed by atoms with Crippen molar-refractivity contribution < 1.29 is 5.11 Å². The summed E-state index contributed by atoms with van der Waals surface area (Å²) in [6.07, 6.45) is 3.08. The third-order valence-electron chi connectivity index (χ3n) is 3.97. The Bertz CT molecular complexity index is 344. The average Bonchev–Trinajstić information content (AvgIpc) is 2.89. The molecule has 1 unspecified atom stereocenters. The van der Waals surface area contributed by atoms with Gasteiger partial charge in [0.25, 0.3) is 0 Å². The molecule has 1 heteroatoms. The molecule has 0 spiro atoms. The van der Waals surface area contributed by atoms with Crippen molar-refractivity contribution in [2.75, 3.05) is 0 Å². The standard InChI is InChI=1S/C14H20O/c1-11-4-6-12(7-5-11)10-14(3,15)13(2)8-9-13/h4-7,15H,8-10H2,1-3H3. The van der Waals surface area contributed by atoms with Crippen LogP contribution in [0.3, 0.4) is 0 Å². The van der Waals surface area contributed by atoms with E-state index in [-0.39, 0.29) is 5.41 Å². The molecule has 1 nitrogen and oxygen atoms in total. The predicted molar refractivity (Wildman–Crippen MR) is 62.8 cm³/mol. The van der Waals surface area contributed by atoms with E-state index >= 15 is 0 Å². The second-order valence-corrected chi connectivity index (χ2v) is 5.50. The molecular formula is C14H20O. The summed E-state index contributed by atoms with van der Waals surface area (Å²) in [5.41, 5.74) is 2.11. The maximum atomic E-state index is 10.4. The van der Waals surface area contributed by atoms with Crippen LogP contribution in [0.5, 0.6) is 0 Å². The van der Waals surface area contributed by atoms with Crippen molar-refractivity contribution in [1.82, 2.24) is 0 Å². The zero-order chi connectivity index (χ0) is 11.1. The van der Waals surface area contributed by atoms with Gasteiger partial charge < -0.3 is 5.11 Å². The lowest BCUT2D eigenvalue weighted by molar-refractivity contribution is -0.00702. The van der Waals surface area contributed by atoms with Crippen molar-refractivity contribution in [3.8, 4) is 0 Å². The molecule has 0 amide bonds. The maximum absolute atomic E-state index is 10.4. The summed E-state index contributed by atoms with van der Waals surface area (Å²) in [7, 11) is 0. The Labute approximate surface area is 92.1 Å². The van der Waals surface area contributed by atoms with Crippen LogP contribution in [0, 0.1) is 12.3 Å². The molecule has 1 fully saturated rings. The monoisotopic (exact) mass is 204 g/mol. The third kappa shape index (κ3) is 2.07. The largest absolute Gasteiger partial charge is 0.389 e. The van der Waals surface area contributed by atoms with Gasteiger partial charge in [-0.2, -0.15) is 0 Å². The van der Waals surface area contributed by atoms with Crippen molar-refractivity contribution in [2.24, 2.45) is 5.41 Å². The Hall–Kier alpha value is -0.820. The van der Waals surface area contributed by atoms with Crippen LogP contribution in [0.4, 0.5) is 0 Å². The van der Waals surface area contributed by atoms with E-state index in [0.29, 0.717) is 0 Å². The molecule has 15 heavy (non-hydrogen) atoms. The summed E-state index contributed by atoms with van der Waals surface area (Å²) in [5.74, 6) is 0. The van der Waals surface area contributed by atoms with Crippen molar-refractivity contribution in [3.63, 3.8) is 0 Å². The predicted octanol–water partition coefficient (Wildman–Crippen LogP) is 3.09. The molecule has 0 aliphatic heterocycles. The highest BCUT2D eigenvalue weighted by Gasteiger charge is 2.51. The van der Waals surface area contributed by atoms with E-state index in [2.05, 4.69) is 38.1 Å². The summed E-state index contributed by atoms with van der Waals surface area (Å²) in [4.78, 5) is 0. The minimum Gasteiger partial charge on any atom is -0.389 e. The molecule has 82 valence electrons. The molecule has 0 heterocycles. The summed E-state index contributed by atoms with van der Waals surface area (Å²) < 4.78 is 0. The Morgan fingerprint density at radius 3 is 2.27 bits per heavy atom. The van der Waals surface area contributed by atoms with Crippen LogP contribution in [0.2, 0.25) is 0 Å². The fourth-order valence-corrected chi connectivity index (χ4v) is 2.04. The number of rotatable bonds is 3. The van der Waals surface area contributed by atoms with Gasteiger partial charge in [0, 0.05) is 6.42 Å². The molecule has 1 aliphatic rings. The molecule has 1 aromatic carbocycles. The van der Waals surface area contributed by atoms with Crippen LogP contribution in [0.25, 0.3) is 0 Å². The van der Waals surface area contributed by atoms with Crippen molar-refractivity contribution in [3.05, 3.63) is 35.4 Å². The van der Waals surface area contributed by atoms with Crippen molar-refractivity contribution in [1.29, 1.82) is 0 Å². The van der Waals surface area contributed by atoms with Gasteiger partial charge >= 0.3 is 0 Å². The molecule has 1 N–H and O–H groups in total. The summed E-state index contributed by atoms with van der Waals surface area (Å²) in [6.45, 7) is 6.24. The zero-order valence-corrected chi connectivity index (χ0v) is 9.88. The SMILES string of the molecule is Cc1ccc(CC(C)(O)C2(C)CC2)cc1. The maximum Gasteiger partial charge on any atom is 0.0713 e. The first-order chi connectivity index (χ1) is 6.93. The van der Waals surface area contributed by atoms with Gasteiger partial charge in [-0.1, -0.05) is 36.8 Å². The van der Waals surface area contributed by atoms with Crippen molar-refractivity contribution in [2.45, 2.75) is 45.6 Å². The van der Waals surface area contributed by atoms with E-state index in [1.54, 1.807) is 0 Å². The lowest BCUT2D eigenvalue weighted by atomic mass is 9.82. The molecule has 2 rings (SSSR count). The van der Waals surface area contributed by atoms with Gasteiger partial charge in [0.1, 0.15) is 0 Å². The summed E-state index contributed by atoms with van der Waals surface area (Å²) in [5, 5.41) is 10.4. The van der Waals surface area contributed by atoms with Gasteiger partial charge in [0.15, 0.2) is 0 Å². The van der Waals surface area contributed by atoms with Crippen LogP contribution in [0.15, 0.2) is 24.3 Å². The highest BCUT2D eigenvalue weighted by molar-refractivity contribution is 5.24. The number of aliphatic hydroxyl groups is 1. The van der Waals surface area contributed by atoms with Crippen LogP contribution >= 0.6 is 0 Å². The van der Waals surface area contributed by atoms with Crippen molar-refractivity contribution >= 4 is 0 Å². The lowest BCUT2D eigenvalue weighted by Gasteiger charge is -2.30. The van der Waals surface area contributed by atoms with Gasteiger partial charge in [-0.05, 0) is 37.7 Å². The van der Waals surface area contributed by atoms with Gasteiger partial charge in [-0.25, -0.2) is 0 Å². The number of benzene rings is 1. The molecule has 1 atom stereocenters. The lowest BCUT2D eigenvalue weighted by Crippen LogP contribution is -2.36. The van der Waals surface area contributed by atoms with Crippen LogP contribution in [0.1, 0.15) is 37.8 Å². The van der Waals surface area contributed by atoms with Crippen LogP contribution in [-0.4, -0.2) is 10.7 Å². The first-order valence-corrected chi connectivity index (χ1v) is 5.71. The quantitative estimate of drug-likeness (QED) is 0.802. The second-order valence-electron chi connectivity index (χ2n) is 5.50. The van der Waals surface area contributed by atoms with Crippen LogP contribution < -0.4 is 0 Å². The van der Waals surface area contributed by atoms with E-state index < -0.39 is 5.60 Å². The molecule has 0 aromatic heterocycles. The average molecular weight is 204 g/mol. The van der Waals surface area contributed by atoms with E-state index in [0.717, 1.165) is 19.3 Å². The molecular weight excluding hydrogens is 184 g/mol. The second kappa shape index (κ2) is 3.34. The topological polar surface area (TPSA) is 20.2 Å². The van der Waals surface area contributed by atoms with E-state index in [1.165, 1.54) is 11.1 Å². The van der Waals surface area contributed by atoms with E-state index in [4.69, 9.17) is 0 Å². The molecule has 1 saturated carbocycles. The Morgan fingerprint density at radius 1 is 1.27 bits per heavy atom. The van der Waals surface area contributed by atoms with E-state index in [1.807, 2.05) is 6.92 Å². The number of hydrogen-bond donors (Lipinski definition) is 1. The zero-order valence-electron chi connectivity index (χ0n) is 9.88. The third-order valence-corrected chi connectivity index (χ3v) is 3.97. The fourth-order valence-electron chi connectivity index (χ4n) is 2.04. The number of aryl methyl sites for hydroxylation is 1. The smallest absolute Gasteiger partial charge is 0.0713 e. The first kappa shape index (κ1) is 10.7. The van der Waals surface area contributed by atoms with Gasteiger partial charge in [0.05, 0.1) is 5.60 Å². The van der Waals surface area contributed by atoms with Gasteiger partial charge in [-0.15, -0.1) is 0 Å². The van der Waals surface area contributed by atoms with Crippen LogP contribution in [-0.2, 0) is 6.42 Å². The normalized spacial score (nSPS) is 22.1. The minimum atomic E-state index is -0.553. The Morgan fingerprint density at radius 2 is 1.80 bits per heavy atom. The summed E-state index contributed by atoms with van der Waals surface area (Å²) >= 11 is 0. The summed E-state index contributed by atoms with van der Waals surface area (Å²) in [6, 6.07) is 8.46. The Kier molecular flexibility index (Phi) is 2.38. The van der Waals surface area contributed by atoms with E-state index in [9.17, 15) is 5.11 Å².